The molecule has 1 heterocycles. The number of alkyl halides is 2. The van der Waals surface area contributed by atoms with Crippen molar-refractivity contribution < 1.29 is 18.0 Å². The largest absolute Gasteiger partial charge is 0.496 e. The van der Waals surface area contributed by atoms with Gasteiger partial charge >= 0.3 is 0 Å². The summed E-state index contributed by atoms with van der Waals surface area (Å²) >= 11 is 0. The highest BCUT2D eigenvalue weighted by atomic mass is 19.3. The number of nitrogen functional groups attached to an aromatic ring is 1. The van der Waals surface area contributed by atoms with Crippen molar-refractivity contribution >= 4 is 5.82 Å². The molecular formula is C12H12F2N2O2. The summed E-state index contributed by atoms with van der Waals surface area (Å²) in [6.45, 7) is 0.800. The van der Waals surface area contributed by atoms with Crippen molar-refractivity contribution in [1.82, 2.24) is 5.16 Å². The first kappa shape index (κ1) is 12.3. The van der Waals surface area contributed by atoms with E-state index in [9.17, 15) is 8.78 Å². The minimum Gasteiger partial charge on any atom is -0.496 e. The number of hydrogen-bond donors (Lipinski definition) is 1. The summed E-state index contributed by atoms with van der Waals surface area (Å²) in [7, 11) is 1.34. The van der Waals surface area contributed by atoms with Gasteiger partial charge < -0.3 is 15.0 Å². The van der Waals surface area contributed by atoms with E-state index in [1.165, 1.54) is 25.3 Å². The van der Waals surface area contributed by atoms with Gasteiger partial charge in [-0.2, -0.15) is 0 Å². The lowest BCUT2D eigenvalue weighted by Gasteiger charge is -2.17. The molecule has 1 aromatic carbocycles. The van der Waals surface area contributed by atoms with Gasteiger partial charge in [-0.1, -0.05) is 17.3 Å². The normalized spacial score (nSPS) is 11.6. The fraction of sp³-hybridized carbons (Fsp3) is 0.250. The average Bonchev–Trinajstić information content (AvgIpc) is 2.73. The Morgan fingerprint density at radius 3 is 2.61 bits per heavy atom. The number of nitrogens with two attached hydrogens (primary N) is 1. The van der Waals surface area contributed by atoms with Crippen LogP contribution >= 0.6 is 0 Å². The second-order valence-electron chi connectivity index (χ2n) is 3.89. The van der Waals surface area contributed by atoms with Crippen LogP contribution in [-0.4, -0.2) is 12.3 Å². The number of rotatable bonds is 3. The van der Waals surface area contributed by atoms with E-state index in [1.54, 1.807) is 6.07 Å². The van der Waals surface area contributed by atoms with Gasteiger partial charge in [0.15, 0.2) is 11.6 Å². The minimum absolute atomic E-state index is 0.0926. The van der Waals surface area contributed by atoms with Gasteiger partial charge in [0.25, 0.3) is 5.92 Å². The van der Waals surface area contributed by atoms with E-state index in [-0.39, 0.29) is 28.5 Å². The molecule has 0 aliphatic heterocycles. The molecular weight excluding hydrogens is 242 g/mol. The third-order valence-corrected chi connectivity index (χ3v) is 2.48. The first-order valence-electron chi connectivity index (χ1n) is 5.21. The number of ether oxygens (including phenoxy) is 1. The molecule has 0 spiro atoms. The molecule has 2 rings (SSSR count). The number of benzene rings is 1. The highest BCUT2D eigenvalue weighted by Crippen LogP contribution is 2.41. The molecule has 0 atom stereocenters. The molecule has 0 aliphatic rings. The van der Waals surface area contributed by atoms with Crippen LogP contribution < -0.4 is 10.5 Å². The van der Waals surface area contributed by atoms with Crippen LogP contribution in [0.4, 0.5) is 14.6 Å². The van der Waals surface area contributed by atoms with Crippen molar-refractivity contribution in [1.29, 1.82) is 0 Å². The number of hydrogen-bond acceptors (Lipinski definition) is 4. The maximum absolute atomic E-state index is 13.7. The Labute approximate surface area is 102 Å². The summed E-state index contributed by atoms with van der Waals surface area (Å²) in [5, 5.41) is 3.49. The van der Waals surface area contributed by atoms with E-state index in [2.05, 4.69) is 5.16 Å². The first-order chi connectivity index (χ1) is 8.43. The van der Waals surface area contributed by atoms with E-state index >= 15 is 0 Å². The zero-order chi connectivity index (χ0) is 13.3. The van der Waals surface area contributed by atoms with Crippen LogP contribution in [0.5, 0.6) is 5.75 Å². The summed E-state index contributed by atoms with van der Waals surface area (Å²) in [4.78, 5) is 0. The zero-order valence-corrected chi connectivity index (χ0v) is 9.91. The molecule has 0 saturated heterocycles. The van der Waals surface area contributed by atoms with Crippen molar-refractivity contribution in [3.63, 3.8) is 0 Å². The molecule has 0 radical (unpaired) electrons. The molecule has 2 N–H and O–H groups in total. The van der Waals surface area contributed by atoms with Gasteiger partial charge in [0.2, 0.25) is 0 Å². The number of anilines is 1. The van der Waals surface area contributed by atoms with Crippen LogP contribution in [0.3, 0.4) is 0 Å². The first-order valence-corrected chi connectivity index (χ1v) is 5.21. The van der Waals surface area contributed by atoms with Gasteiger partial charge in [-0.3, -0.25) is 0 Å². The number of methoxy groups -OCH3 is 1. The number of nitrogens with zero attached hydrogens (tertiary/aromatic N) is 1. The molecule has 0 unspecified atom stereocenters. The lowest BCUT2D eigenvalue weighted by atomic mass is 9.99. The van der Waals surface area contributed by atoms with Gasteiger partial charge in [-0.05, 0) is 6.07 Å². The topological polar surface area (TPSA) is 61.3 Å². The number of halogens is 2. The molecule has 4 nitrogen and oxygen atoms in total. The predicted molar refractivity (Wildman–Crippen MR) is 62.5 cm³/mol. The molecule has 2 aromatic rings. The molecule has 0 bridgehead atoms. The maximum atomic E-state index is 13.7. The summed E-state index contributed by atoms with van der Waals surface area (Å²) < 4.78 is 37.3. The zero-order valence-electron chi connectivity index (χ0n) is 9.91. The van der Waals surface area contributed by atoms with Crippen molar-refractivity contribution in [3.05, 3.63) is 29.8 Å². The maximum Gasteiger partial charge on any atom is 0.274 e. The molecule has 0 aliphatic carbocycles. The summed E-state index contributed by atoms with van der Waals surface area (Å²) in [5.41, 5.74) is 5.39. The highest BCUT2D eigenvalue weighted by molar-refractivity contribution is 5.68. The Kier molecular flexibility index (Phi) is 2.94. The third-order valence-electron chi connectivity index (χ3n) is 2.48. The number of aromatic nitrogens is 1. The van der Waals surface area contributed by atoms with Gasteiger partial charge in [0.05, 0.1) is 12.7 Å². The monoisotopic (exact) mass is 254 g/mol. The molecule has 96 valence electrons. The van der Waals surface area contributed by atoms with Crippen molar-refractivity contribution in [2.24, 2.45) is 0 Å². The highest BCUT2D eigenvalue weighted by Gasteiger charge is 2.33. The third kappa shape index (κ3) is 2.13. The smallest absolute Gasteiger partial charge is 0.274 e. The van der Waals surface area contributed by atoms with E-state index < -0.39 is 5.92 Å². The van der Waals surface area contributed by atoms with Crippen LogP contribution in [0.1, 0.15) is 12.5 Å². The average molecular weight is 254 g/mol. The summed E-state index contributed by atoms with van der Waals surface area (Å²) in [6.07, 6.45) is 0. The molecule has 0 saturated carbocycles. The van der Waals surface area contributed by atoms with Crippen molar-refractivity contribution in [2.75, 3.05) is 12.8 Å². The Morgan fingerprint density at radius 2 is 2.11 bits per heavy atom. The van der Waals surface area contributed by atoms with E-state index in [1.807, 2.05) is 0 Å². The second-order valence-corrected chi connectivity index (χ2v) is 3.89. The van der Waals surface area contributed by atoms with Crippen molar-refractivity contribution in [2.45, 2.75) is 12.8 Å². The minimum atomic E-state index is -3.07. The summed E-state index contributed by atoms with van der Waals surface area (Å²) in [5.74, 6) is -2.65. The Balaban J connectivity index is 2.67. The fourth-order valence-electron chi connectivity index (χ4n) is 1.78. The van der Waals surface area contributed by atoms with Gasteiger partial charge in [0.1, 0.15) is 5.75 Å². The lowest BCUT2D eigenvalue weighted by Crippen LogP contribution is -2.11. The van der Waals surface area contributed by atoms with Crippen LogP contribution in [0.25, 0.3) is 11.3 Å². The SMILES string of the molecule is COc1cccc(-c2cc(N)no2)c1C(C)(F)F. The Hall–Kier alpha value is -2.11. The molecule has 0 fully saturated rings. The van der Waals surface area contributed by atoms with Crippen LogP contribution in [0.15, 0.2) is 28.8 Å². The van der Waals surface area contributed by atoms with Crippen molar-refractivity contribution in [3.8, 4) is 17.1 Å². The van der Waals surface area contributed by atoms with E-state index in [4.69, 9.17) is 15.0 Å². The van der Waals surface area contributed by atoms with Crippen LogP contribution in [-0.2, 0) is 5.92 Å². The Morgan fingerprint density at radius 1 is 1.39 bits per heavy atom. The van der Waals surface area contributed by atoms with Gasteiger partial charge in [-0.25, -0.2) is 8.78 Å². The van der Waals surface area contributed by atoms with Crippen LogP contribution in [0, 0.1) is 0 Å². The van der Waals surface area contributed by atoms with E-state index in [0.29, 0.717) is 0 Å². The molecule has 18 heavy (non-hydrogen) atoms. The van der Waals surface area contributed by atoms with Gasteiger partial charge in [-0.15, -0.1) is 0 Å². The van der Waals surface area contributed by atoms with Crippen LogP contribution in [0.2, 0.25) is 0 Å². The van der Waals surface area contributed by atoms with E-state index in [0.717, 1.165) is 6.92 Å². The Bertz CT molecular complexity index is 561. The summed E-state index contributed by atoms with van der Waals surface area (Å²) in [6, 6.07) is 5.97. The lowest BCUT2D eigenvalue weighted by molar-refractivity contribution is 0.0155. The second kappa shape index (κ2) is 4.29. The molecule has 0 amide bonds. The molecule has 6 heteroatoms. The standard InChI is InChI=1S/C12H12F2N2O2/c1-12(13,14)11-7(4-3-5-8(11)17-2)9-6-10(15)16-18-9/h3-6H,1-2H3,(H2,15,16). The van der Waals surface area contributed by atoms with Gasteiger partial charge in [0, 0.05) is 18.6 Å². The predicted octanol–water partition coefficient (Wildman–Crippen LogP) is 3.04. The quantitative estimate of drug-likeness (QED) is 0.914. The molecule has 1 aromatic heterocycles. The fourth-order valence-corrected chi connectivity index (χ4v) is 1.78.